The van der Waals surface area contributed by atoms with Gasteiger partial charge in [-0.15, -0.1) is 0 Å². The molecule has 1 nitrogen and oxygen atoms in total. The van der Waals surface area contributed by atoms with Crippen molar-refractivity contribution in [2.45, 2.75) is 20.3 Å². The lowest BCUT2D eigenvalue weighted by Gasteiger charge is -2.09. The van der Waals surface area contributed by atoms with Crippen molar-refractivity contribution in [2.24, 2.45) is 0 Å². The van der Waals surface area contributed by atoms with Crippen molar-refractivity contribution < 1.29 is 4.98 Å². The number of rotatable bonds is 2. The Morgan fingerprint density at radius 1 is 0.704 bits per heavy atom. The van der Waals surface area contributed by atoms with Crippen LogP contribution in [0.2, 0.25) is 0 Å². The third-order valence-corrected chi connectivity index (χ3v) is 5.55. The molecule has 27 heavy (non-hydrogen) atoms. The fourth-order valence-corrected chi connectivity index (χ4v) is 4.24. The number of aromatic nitrogens is 1. The molecule has 0 spiro atoms. The highest BCUT2D eigenvalue weighted by Gasteiger charge is 2.14. The van der Waals surface area contributed by atoms with Crippen LogP contribution in [0.1, 0.15) is 18.1 Å². The quantitative estimate of drug-likeness (QED) is 0.323. The Morgan fingerprint density at radius 3 is 2.33 bits per heavy atom. The van der Waals surface area contributed by atoms with Crippen LogP contribution in [-0.2, 0) is 6.42 Å². The second kappa shape index (κ2) is 6.21. The Labute approximate surface area is 159 Å². The number of benzene rings is 4. The molecule has 1 heterocycles. The monoisotopic (exact) mass is 348 g/mol. The van der Waals surface area contributed by atoms with Crippen LogP contribution in [0.25, 0.3) is 43.6 Å². The first-order valence-electron chi connectivity index (χ1n) is 9.60. The van der Waals surface area contributed by atoms with Crippen molar-refractivity contribution in [3.63, 3.8) is 0 Å². The van der Waals surface area contributed by atoms with Crippen LogP contribution in [-0.4, -0.2) is 0 Å². The highest BCUT2D eigenvalue weighted by molar-refractivity contribution is 6.18. The molecule has 1 N–H and O–H groups in total. The summed E-state index contributed by atoms with van der Waals surface area (Å²) in [6.45, 7) is 4.39. The van der Waals surface area contributed by atoms with Gasteiger partial charge in [-0.2, -0.15) is 0 Å². The second-order valence-corrected chi connectivity index (χ2v) is 7.32. The fraction of sp³-hybridized carbons (Fsp3) is 0.115. The summed E-state index contributed by atoms with van der Waals surface area (Å²) >= 11 is 0. The largest absolute Gasteiger partial charge is 0.218 e. The van der Waals surface area contributed by atoms with E-state index in [1.165, 1.54) is 54.7 Å². The molecule has 0 saturated heterocycles. The lowest BCUT2D eigenvalue weighted by molar-refractivity contribution is -0.362. The third kappa shape index (κ3) is 2.59. The van der Waals surface area contributed by atoms with E-state index in [0.29, 0.717) is 0 Å². The first kappa shape index (κ1) is 16.0. The minimum absolute atomic E-state index is 1.05. The molecule has 0 aliphatic heterocycles. The Balaban J connectivity index is 1.85. The summed E-state index contributed by atoms with van der Waals surface area (Å²) in [4.78, 5) is 3.51. The molecule has 0 radical (unpaired) electrons. The summed E-state index contributed by atoms with van der Waals surface area (Å²) in [7, 11) is 0. The smallest absolute Gasteiger partial charge is 0.211 e. The third-order valence-electron chi connectivity index (χ3n) is 5.55. The van der Waals surface area contributed by atoms with E-state index >= 15 is 0 Å². The maximum absolute atomic E-state index is 3.51. The molecule has 0 amide bonds. The molecule has 0 saturated carbocycles. The van der Waals surface area contributed by atoms with E-state index in [9.17, 15) is 0 Å². The van der Waals surface area contributed by atoms with Gasteiger partial charge in [0.15, 0.2) is 6.20 Å². The van der Waals surface area contributed by atoms with Crippen molar-refractivity contribution >= 4 is 32.3 Å². The number of fused-ring (bicyclic) bond motifs is 5. The van der Waals surface area contributed by atoms with Gasteiger partial charge in [0.2, 0.25) is 5.69 Å². The first-order valence-corrected chi connectivity index (χ1v) is 9.60. The average Bonchev–Trinajstić information content (AvgIpc) is 2.72. The van der Waals surface area contributed by atoms with Crippen LogP contribution in [0.15, 0.2) is 79.0 Å². The van der Waals surface area contributed by atoms with Crippen LogP contribution in [0, 0.1) is 6.92 Å². The number of hydrogen-bond donors (Lipinski definition) is 0. The van der Waals surface area contributed by atoms with E-state index in [0.717, 1.165) is 6.42 Å². The summed E-state index contributed by atoms with van der Waals surface area (Å²) in [5, 5.41) is 7.80. The highest BCUT2D eigenvalue weighted by atomic mass is 14.7. The van der Waals surface area contributed by atoms with Gasteiger partial charge >= 0.3 is 0 Å². The number of nitrogens with one attached hydrogen (secondary N) is 1. The summed E-state index contributed by atoms with van der Waals surface area (Å²) < 4.78 is 0. The summed E-state index contributed by atoms with van der Waals surface area (Å²) in [6.07, 6.45) is 3.12. The Bertz CT molecular complexity index is 1310. The van der Waals surface area contributed by atoms with Gasteiger partial charge in [-0.25, -0.2) is 4.98 Å². The van der Waals surface area contributed by atoms with E-state index in [2.05, 4.69) is 97.8 Å². The van der Waals surface area contributed by atoms with Crippen LogP contribution >= 0.6 is 0 Å². The van der Waals surface area contributed by atoms with Crippen LogP contribution < -0.4 is 4.98 Å². The van der Waals surface area contributed by atoms with Gasteiger partial charge in [-0.05, 0) is 58.7 Å². The minimum atomic E-state index is 1.05. The van der Waals surface area contributed by atoms with Gasteiger partial charge in [0.1, 0.15) is 0 Å². The molecule has 0 fully saturated rings. The zero-order valence-electron chi connectivity index (χ0n) is 15.7. The van der Waals surface area contributed by atoms with Gasteiger partial charge in [-0.3, -0.25) is 0 Å². The zero-order valence-corrected chi connectivity index (χ0v) is 15.7. The standard InChI is InChI=1S/C26H21N/c1-3-18-14-17(2)15-20(16-18)26-25-11-10-22-21-7-5-4-6-19(21)8-9-23(22)24(25)12-13-27-26/h4-16H,3H2,1-2H3/p+1. The van der Waals surface area contributed by atoms with Crippen molar-refractivity contribution in [3.05, 3.63) is 90.1 Å². The van der Waals surface area contributed by atoms with Gasteiger partial charge < -0.3 is 0 Å². The molecule has 0 aliphatic rings. The molecule has 0 atom stereocenters. The Hall–Kier alpha value is -3.19. The molecule has 130 valence electrons. The van der Waals surface area contributed by atoms with E-state index in [1.54, 1.807) is 0 Å². The number of aromatic amines is 1. The second-order valence-electron chi connectivity index (χ2n) is 7.32. The van der Waals surface area contributed by atoms with E-state index < -0.39 is 0 Å². The molecule has 5 rings (SSSR count). The fourth-order valence-electron chi connectivity index (χ4n) is 4.24. The predicted molar refractivity (Wildman–Crippen MR) is 115 cm³/mol. The van der Waals surface area contributed by atoms with Crippen LogP contribution in [0.4, 0.5) is 0 Å². The summed E-state index contributed by atoms with van der Waals surface area (Å²) in [5.74, 6) is 0. The molecule has 1 aromatic heterocycles. The highest BCUT2D eigenvalue weighted by Crippen LogP contribution is 2.34. The zero-order chi connectivity index (χ0) is 18.4. The number of aryl methyl sites for hydroxylation is 2. The molecule has 5 aromatic rings. The van der Waals surface area contributed by atoms with Crippen molar-refractivity contribution in [1.29, 1.82) is 0 Å². The average molecular weight is 348 g/mol. The predicted octanol–water partition coefficient (Wildman–Crippen LogP) is 6.50. The molecule has 4 aromatic carbocycles. The van der Waals surface area contributed by atoms with Gasteiger partial charge in [0.25, 0.3) is 0 Å². The van der Waals surface area contributed by atoms with Gasteiger partial charge in [0.05, 0.1) is 5.39 Å². The number of hydrogen-bond acceptors (Lipinski definition) is 0. The van der Waals surface area contributed by atoms with E-state index in [-0.39, 0.29) is 0 Å². The lowest BCUT2D eigenvalue weighted by atomic mass is 9.94. The molecular weight excluding hydrogens is 326 g/mol. The molecule has 0 unspecified atom stereocenters. The SMILES string of the molecule is CCc1cc(C)cc(-c2[nH+]ccc3c2ccc2c4ccccc4ccc32)c1. The van der Waals surface area contributed by atoms with Crippen molar-refractivity contribution in [3.8, 4) is 11.3 Å². The maximum atomic E-state index is 3.51. The Morgan fingerprint density at radius 2 is 1.44 bits per heavy atom. The number of pyridine rings is 1. The molecule has 0 bridgehead atoms. The van der Waals surface area contributed by atoms with Gasteiger partial charge in [-0.1, -0.05) is 61.0 Å². The lowest BCUT2D eigenvalue weighted by Crippen LogP contribution is -2.07. The molecule has 1 heteroatoms. The minimum Gasteiger partial charge on any atom is -0.211 e. The summed E-state index contributed by atoms with van der Waals surface area (Å²) in [5.41, 5.74) is 5.14. The topological polar surface area (TPSA) is 14.1 Å². The normalized spacial score (nSPS) is 11.5. The van der Waals surface area contributed by atoms with E-state index in [1.807, 2.05) is 0 Å². The van der Waals surface area contributed by atoms with E-state index in [4.69, 9.17) is 0 Å². The first-order chi connectivity index (χ1) is 13.2. The van der Waals surface area contributed by atoms with Crippen LogP contribution in [0.5, 0.6) is 0 Å². The van der Waals surface area contributed by atoms with Crippen molar-refractivity contribution in [1.82, 2.24) is 0 Å². The number of H-pyrrole nitrogens is 1. The van der Waals surface area contributed by atoms with Crippen molar-refractivity contribution in [2.75, 3.05) is 0 Å². The maximum Gasteiger partial charge on any atom is 0.218 e. The Kier molecular flexibility index (Phi) is 3.68. The molecular formula is C26H22N+. The summed E-state index contributed by atoms with van der Waals surface area (Å²) in [6, 6.07) is 26.7. The van der Waals surface area contributed by atoms with Crippen LogP contribution in [0.3, 0.4) is 0 Å². The van der Waals surface area contributed by atoms with Gasteiger partial charge in [0, 0.05) is 17.0 Å². The molecule has 0 aliphatic carbocycles.